The lowest BCUT2D eigenvalue weighted by molar-refractivity contribution is 0.0948. The van der Waals surface area contributed by atoms with Crippen LogP contribution in [0.5, 0.6) is 0 Å². The van der Waals surface area contributed by atoms with Crippen LogP contribution in [0.3, 0.4) is 0 Å². The lowest BCUT2D eigenvalue weighted by Gasteiger charge is -2.34. The summed E-state index contributed by atoms with van der Waals surface area (Å²) in [5, 5.41) is 4.40. The Morgan fingerprint density at radius 3 is 2.49 bits per heavy atom. The lowest BCUT2D eigenvalue weighted by atomic mass is 10.1. The number of sulfonamides is 1. The maximum atomic E-state index is 12.9. The number of rotatable bonds is 8. The Kier molecular flexibility index (Phi) is 9.73. The van der Waals surface area contributed by atoms with Gasteiger partial charge in [0.05, 0.1) is 26.4 Å². The van der Waals surface area contributed by atoms with Gasteiger partial charge in [-0.05, 0) is 54.6 Å². The molecule has 4 aromatic rings. The van der Waals surface area contributed by atoms with Crippen molar-refractivity contribution in [3.63, 3.8) is 0 Å². The van der Waals surface area contributed by atoms with E-state index in [0.29, 0.717) is 18.1 Å². The third-order valence-corrected chi connectivity index (χ3v) is 9.44. The van der Waals surface area contributed by atoms with Crippen molar-refractivity contribution in [1.29, 1.82) is 0 Å². The summed E-state index contributed by atoms with van der Waals surface area (Å²) in [7, 11) is -3.87. The van der Waals surface area contributed by atoms with E-state index in [0.717, 1.165) is 46.0 Å². The summed E-state index contributed by atoms with van der Waals surface area (Å²) in [6, 6.07) is 18.5. The molecule has 0 unspecified atom stereocenters. The molecule has 1 aliphatic heterocycles. The fourth-order valence-electron chi connectivity index (χ4n) is 4.19. The van der Waals surface area contributed by atoms with E-state index in [-0.39, 0.29) is 34.5 Å². The van der Waals surface area contributed by atoms with Gasteiger partial charge in [-0.25, -0.2) is 13.4 Å². The number of piperazine rings is 1. The van der Waals surface area contributed by atoms with Gasteiger partial charge in [0, 0.05) is 48.8 Å². The highest BCUT2D eigenvalue weighted by Crippen LogP contribution is 2.31. The smallest absolute Gasteiger partial charge is 0.261 e. The van der Waals surface area contributed by atoms with Crippen molar-refractivity contribution in [2.45, 2.75) is 4.90 Å². The van der Waals surface area contributed by atoms with E-state index < -0.39 is 10.0 Å². The quantitative estimate of drug-likeness (QED) is 0.258. The number of amides is 1. The van der Waals surface area contributed by atoms with Gasteiger partial charge in [-0.3, -0.25) is 14.4 Å². The third kappa shape index (κ3) is 7.22. The maximum absolute atomic E-state index is 12.9. The molecule has 206 valence electrons. The summed E-state index contributed by atoms with van der Waals surface area (Å²) < 4.78 is 30.3. The number of aromatic nitrogens is 1. The molecule has 1 saturated heterocycles. The van der Waals surface area contributed by atoms with Crippen LogP contribution in [0.25, 0.3) is 10.2 Å². The summed E-state index contributed by atoms with van der Waals surface area (Å²) >= 11 is 11.1. The number of para-hydroxylation sites is 1. The molecule has 2 N–H and O–H groups in total. The zero-order chi connectivity index (χ0) is 26.7. The molecule has 0 atom stereocenters. The van der Waals surface area contributed by atoms with Crippen LogP contribution >= 0.6 is 51.3 Å². The molecule has 1 aromatic heterocycles. The largest absolute Gasteiger partial charge is 0.351 e. The van der Waals surface area contributed by atoms with Crippen LogP contribution in [0.4, 0.5) is 10.8 Å². The normalized spacial score (nSPS) is 14.2. The van der Waals surface area contributed by atoms with Gasteiger partial charge >= 0.3 is 0 Å². The van der Waals surface area contributed by atoms with Crippen LogP contribution in [0.1, 0.15) is 10.4 Å². The first-order valence-corrected chi connectivity index (χ1v) is 15.4. The summed E-state index contributed by atoms with van der Waals surface area (Å²) in [5.41, 5.74) is 1.49. The second-order valence-electron chi connectivity index (χ2n) is 8.80. The van der Waals surface area contributed by atoms with Crippen LogP contribution in [-0.2, 0) is 10.0 Å². The predicted octanol–water partition coefficient (Wildman–Crippen LogP) is 5.49. The Balaban J connectivity index is 0.00000353. The van der Waals surface area contributed by atoms with Crippen LogP contribution in [0.15, 0.2) is 76.1 Å². The number of hydrogen-bond donors (Lipinski definition) is 2. The van der Waals surface area contributed by atoms with Crippen molar-refractivity contribution in [1.82, 2.24) is 15.2 Å². The summed E-state index contributed by atoms with van der Waals surface area (Å²) in [4.78, 5) is 22.4. The molecule has 1 fully saturated rings. The Hall–Kier alpha value is -2.41. The first-order chi connectivity index (χ1) is 18.3. The molecule has 0 spiro atoms. The molecule has 2 heterocycles. The number of carbonyl (C=O) groups excluding carboxylic acids is 1. The molecule has 0 saturated carbocycles. The molecule has 5 rings (SSSR count). The van der Waals surface area contributed by atoms with E-state index >= 15 is 0 Å². The zero-order valence-electron chi connectivity index (χ0n) is 20.6. The number of hydrogen-bond acceptors (Lipinski definition) is 7. The summed E-state index contributed by atoms with van der Waals surface area (Å²) in [6.07, 6.45) is 0. The third-order valence-electron chi connectivity index (χ3n) is 6.24. The Labute approximate surface area is 251 Å². The van der Waals surface area contributed by atoms with Crippen molar-refractivity contribution in [2.24, 2.45) is 0 Å². The molecule has 39 heavy (non-hydrogen) atoms. The summed E-state index contributed by atoms with van der Waals surface area (Å²) in [5.74, 6) is -0.335. The van der Waals surface area contributed by atoms with Gasteiger partial charge in [-0.2, -0.15) is 0 Å². The van der Waals surface area contributed by atoms with Crippen molar-refractivity contribution in [3.05, 3.63) is 81.8 Å². The predicted molar refractivity (Wildman–Crippen MR) is 164 cm³/mol. The minimum atomic E-state index is -3.87. The average Bonchev–Trinajstić information content (AvgIpc) is 3.32. The van der Waals surface area contributed by atoms with Gasteiger partial charge in [0.1, 0.15) is 0 Å². The lowest BCUT2D eigenvalue weighted by Crippen LogP contribution is -2.48. The molecule has 3 aromatic carbocycles. The molecular formula is C26H26BrCl2N5O3S2. The van der Waals surface area contributed by atoms with Crippen LogP contribution < -0.4 is 14.9 Å². The minimum Gasteiger partial charge on any atom is -0.351 e. The molecule has 0 bridgehead atoms. The number of nitrogens with zero attached hydrogens (tertiary/aromatic N) is 3. The topological polar surface area (TPSA) is 94.6 Å². The van der Waals surface area contributed by atoms with E-state index in [4.69, 9.17) is 16.6 Å². The molecule has 0 radical (unpaired) electrons. The number of carbonyl (C=O) groups is 1. The standard InChI is InChI=1S/C26H25BrClN5O3S2.ClH/c27-18-5-10-23-24(17-18)37-26(30-23)33-15-13-32(14-16-33)12-11-29-25(34)21-3-1-2-4-22(21)31-38(35,36)20-8-6-19(28)7-9-20;/h1-10,17,31H,11-16H2,(H,29,34);1H. The van der Waals surface area contributed by atoms with Crippen LogP contribution in [0.2, 0.25) is 5.02 Å². The Bertz CT molecular complexity index is 1560. The maximum Gasteiger partial charge on any atom is 0.261 e. The fourth-order valence-corrected chi connectivity index (χ4v) is 6.97. The van der Waals surface area contributed by atoms with E-state index in [2.05, 4.69) is 41.8 Å². The fraction of sp³-hybridized carbons (Fsp3) is 0.231. The van der Waals surface area contributed by atoms with Gasteiger partial charge in [0.2, 0.25) is 0 Å². The first-order valence-electron chi connectivity index (χ1n) is 12.0. The number of halogens is 3. The molecule has 0 aliphatic carbocycles. The highest BCUT2D eigenvalue weighted by molar-refractivity contribution is 9.10. The molecule has 13 heteroatoms. The molecule has 1 amide bonds. The van der Waals surface area contributed by atoms with Gasteiger partial charge in [-0.15, -0.1) is 12.4 Å². The van der Waals surface area contributed by atoms with Gasteiger partial charge in [-0.1, -0.05) is 51.0 Å². The van der Waals surface area contributed by atoms with Crippen LogP contribution in [-0.4, -0.2) is 63.5 Å². The van der Waals surface area contributed by atoms with Gasteiger partial charge < -0.3 is 10.2 Å². The number of fused-ring (bicyclic) bond motifs is 1. The number of nitrogens with one attached hydrogen (secondary N) is 2. The highest BCUT2D eigenvalue weighted by Gasteiger charge is 2.21. The first kappa shape index (κ1) is 29.6. The Morgan fingerprint density at radius 1 is 1.03 bits per heavy atom. The van der Waals surface area contributed by atoms with E-state index in [1.54, 1.807) is 35.6 Å². The number of anilines is 2. The van der Waals surface area contributed by atoms with Gasteiger partial charge in [0.25, 0.3) is 15.9 Å². The SMILES string of the molecule is Cl.O=C(NCCN1CCN(c2nc3ccc(Br)cc3s2)CC1)c1ccccc1NS(=O)(=O)c1ccc(Cl)cc1. The van der Waals surface area contributed by atoms with Gasteiger partial charge in [0.15, 0.2) is 5.13 Å². The van der Waals surface area contributed by atoms with Crippen LogP contribution in [0, 0.1) is 0 Å². The summed E-state index contributed by atoms with van der Waals surface area (Å²) in [6.45, 7) is 4.62. The minimum absolute atomic E-state index is 0. The number of benzene rings is 3. The molecule has 8 nitrogen and oxygen atoms in total. The average molecular weight is 671 g/mol. The molecular weight excluding hydrogens is 645 g/mol. The van der Waals surface area contributed by atoms with E-state index in [1.165, 1.54) is 24.3 Å². The van der Waals surface area contributed by atoms with Crippen molar-refractivity contribution in [3.8, 4) is 0 Å². The Morgan fingerprint density at radius 2 is 1.74 bits per heavy atom. The number of thiazole rings is 1. The highest BCUT2D eigenvalue weighted by atomic mass is 79.9. The van der Waals surface area contributed by atoms with E-state index in [1.807, 2.05) is 12.1 Å². The molecule has 1 aliphatic rings. The van der Waals surface area contributed by atoms with E-state index in [9.17, 15) is 13.2 Å². The zero-order valence-corrected chi connectivity index (χ0v) is 25.4. The second-order valence-corrected chi connectivity index (χ2v) is 12.8. The van der Waals surface area contributed by atoms with Crippen molar-refractivity contribution >= 4 is 88.2 Å². The van der Waals surface area contributed by atoms with Crippen molar-refractivity contribution < 1.29 is 13.2 Å². The van der Waals surface area contributed by atoms with Crippen molar-refractivity contribution in [2.75, 3.05) is 48.9 Å². The monoisotopic (exact) mass is 669 g/mol. The second kappa shape index (κ2) is 12.8.